The van der Waals surface area contributed by atoms with Crippen LogP contribution in [0, 0.1) is 0 Å². The van der Waals surface area contributed by atoms with E-state index in [1.54, 1.807) is 19.2 Å². The van der Waals surface area contributed by atoms with E-state index in [-0.39, 0.29) is 5.75 Å². The predicted octanol–water partition coefficient (Wildman–Crippen LogP) is 4.02. The third kappa shape index (κ3) is 2.65. The van der Waals surface area contributed by atoms with Gasteiger partial charge in [0.05, 0.1) is 7.11 Å². The Labute approximate surface area is 108 Å². The zero-order valence-electron chi connectivity index (χ0n) is 10.8. The van der Waals surface area contributed by atoms with Crippen molar-refractivity contribution in [2.45, 2.75) is 19.8 Å². The van der Waals surface area contributed by atoms with Gasteiger partial charge in [-0.25, -0.2) is 0 Å². The van der Waals surface area contributed by atoms with Crippen LogP contribution in [0.5, 0.6) is 11.5 Å². The monoisotopic (exact) mass is 242 g/mol. The maximum Gasteiger partial charge on any atom is 0.123 e. The lowest BCUT2D eigenvalue weighted by atomic mass is 10.0. The van der Waals surface area contributed by atoms with Crippen LogP contribution in [-0.4, -0.2) is 12.2 Å². The lowest BCUT2D eigenvalue weighted by molar-refractivity contribution is 0.412. The average molecular weight is 242 g/mol. The van der Waals surface area contributed by atoms with E-state index in [4.69, 9.17) is 4.74 Å². The second kappa shape index (κ2) is 5.58. The van der Waals surface area contributed by atoms with Crippen molar-refractivity contribution in [1.82, 2.24) is 0 Å². The molecule has 0 aliphatic carbocycles. The third-order valence-electron chi connectivity index (χ3n) is 3.01. The predicted molar refractivity (Wildman–Crippen MR) is 74.1 cm³/mol. The molecule has 1 N–H and O–H groups in total. The van der Waals surface area contributed by atoms with Crippen molar-refractivity contribution in [3.05, 3.63) is 48.0 Å². The Balaban J connectivity index is 2.35. The van der Waals surface area contributed by atoms with Crippen LogP contribution in [0.1, 0.15) is 18.9 Å². The van der Waals surface area contributed by atoms with Crippen LogP contribution < -0.4 is 4.74 Å². The number of rotatable bonds is 4. The van der Waals surface area contributed by atoms with Crippen molar-refractivity contribution in [2.24, 2.45) is 0 Å². The topological polar surface area (TPSA) is 29.5 Å². The van der Waals surface area contributed by atoms with Gasteiger partial charge in [-0.1, -0.05) is 37.6 Å². The number of benzene rings is 2. The van der Waals surface area contributed by atoms with Crippen LogP contribution in [0.15, 0.2) is 42.5 Å². The normalized spacial score (nSPS) is 10.3. The fourth-order valence-corrected chi connectivity index (χ4v) is 2.01. The summed E-state index contributed by atoms with van der Waals surface area (Å²) in [5.74, 6) is 1.03. The number of phenolic OH excluding ortho intramolecular Hbond substituents is 1. The first-order valence-corrected chi connectivity index (χ1v) is 6.21. The van der Waals surface area contributed by atoms with Crippen LogP contribution in [0.2, 0.25) is 0 Å². The second-order valence-corrected chi connectivity index (χ2v) is 4.33. The Morgan fingerprint density at radius 2 is 1.78 bits per heavy atom. The third-order valence-corrected chi connectivity index (χ3v) is 3.01. The molecule has 0 atom stereocenters. The number of hydrogen-bond acceptors (Lipinski definition) is 2. The van der Waals surface area contributed by atoms with Gasteiger partial charge in [0, 0.05) is 5.56 Å². The molecule has 0 amide bonds. The van der Waals surface area contributed by atoms with Crippen LogP contribution in [0.4, 0.5) is 0 Å². The molecule has 0 spiro atoms. The smallest absolute Gasteiger partial charge is 0.123 e. The van der Waals surface area contributed by atoms with E-state index in [1.165, 1.54) is 5.56 Å². The molecule has 18 heavy (non-hydrogen) atoms. The minimum absolute atomic E-state index is 0.277. The van der Waals surface area contributed by atoms with Gasteiger partial charge >= 0.3 is 0 Å². The minimum atomic E-state index is 0.277. The summed E-state index contributed by atoms with van der Waals surface area (Å²) in [5.41, 5.74) is 3.13. The first-order valence-electron chi connectivity index (χ1n) is 6.21. The first kappa shape index (κ1) is 12.5. The van der Waals surface area contributed by atoms with Crippen molar-refractivity contribution in [3.8, 4) is 22.6 Å². The van der Waals surface area contributed by atoms with Gasteiger partial charge in [0.15, 0.2) is 0 Å². The fraction of sp³-hybridized carbons (Fsp3) is 0.250. The zero-order chi connectivity index (χ0) is 13.0. The van der Waals surface area contributed by atoms with Crippen LogP contribution >= 0.6 is 0 Å². The van der Waals surface area contributed by atoms with Crippen molar-refractivity contribution in [3.63, 3.8) is 0 Å². The van der Waals surface area contributed by atoms with E-state index >= 15 is 0 Å². The maximum atomic E-state index is 9.90. The SMILES string of the molecule is CCCc1ccc(-c2cc(OC)ccc2O)cc1. The van der Waals surface area contributed by atoms with E-state index in [9.17, 15) is 5.11 Å². The van der Waals surface area contributed by atoms with Gasteiger partial charge in [0.1, 0.15) is 11.5 Å². The van der Waals surface area contributed by atoms with Crippen molar-refractivity contribution < 1.29 is 9.84 Å². The molecule has 0 saturated carbocycles. The molecule has 2 heteroatoms. The van der Waals surface area contributed by atoms with Gasteiger partial charge in [-0.05, 0) is 35.7 Å². The molecule has 2 rings (SSSR count). The fourth-order valence-electron chi connectivity index (χ4n) is 2.01. The van der Waals surface area contributed by atoms with Crippen LogP contribution in [0.3, 0.4) is 0 Å². The Bertz CT molecular complexity index is 515. The number of hydrogen-bond donors (Lipinski definition) is 1. The van der Waals surface area contributed by atoms with Crippen LogP contribution in [-0.2, 0) is 6.42 Å². The Morgan fingerprint density at radius 1 is 1.06 bits per heavy atom. The Morgan fingerprint density at radius 3 is 2.39 bits per heavy atom. The molecule has 0 saturated heterocycles. The summed E-state index contributed by atoms with van der Waals surface area (Å²) in [6, 6.07) is 13.6. The lowest BCUT2D eigenvalue weighted by Crippen LogP contribution is -1.86. The first-order chi connectivity index (χ1) is 8.74. The average Bonchev–Trinajstić information content (AvgIpc) is 2.41. The molecule has 94 valence electrons. The molecule has 2 aromatic carbocycles. The number of ether oxygens (including phenoxy) is 1. The second-order valence-electron chi connectivity index (χ2n) is 4.33. The van der Waals surface area contributed by atoms with Crippen molar-refractivity contribution >= 4 is 0 Å². The highest BCUT2D eigenvalue weighted by Crippen LogP contribution is 2.32. The van der Waals surface area contributed by atoms with Gasteiger partial charge < -0.3 is 9.84 Å². The van der Waals surface area contributed by atoms with Gasteiger partial charge in [-0.2, -0.15) is 0 Å². The quantitative estimate of drug-likeness (QED) is 0.877. The molecule has 0 radical (unpaired) electrons. The molecule has 0 aliphatic heterocycles. The van der Waals surface area contributed by atoms with Gasteiger partial charge in [0.25, 0.3) is 0 Å². The molecular weight excluding hydrogens is 224 g/mol. The van der Waals surface area contributed by atoms with Gasteiger partial charge in [0.2, 0.25) is 0 Å². The van der Waals surface area contributed by atoms with Gasteiger partial charge in [-0.3, -0.25) is 0 Å². The van der Waals surface area contributed by atoms with E-state index in [1.807, 2.05) is 18.2 Å². The largest absolute Gasteiger partial charge is 0.507 e. The summed E-state index contributed by atoms with van der Waals surface area (Å²) >= 11 is 0. The van der Waals surface area contributed by atoms with E-state index in [2.05, 4.69) is 19.1 Å². The summed E-state index contributed by atoms with van der Waals surface area (Å²) < 4.78 is 5.18. The molecule has 0 bridgehead atoms. The summed E-state index contributed by atoms with van der Waals surface area (Å²) in [5, 5.41) is 9.90. The van der Waals surface area contributed by atoms with Crippen molar-refractivity contribution in [2.75, 3.05) is 7.11 Å². The highest BCUT2D eigenvalue weighted by atomic mass is 16.5. The summed E-state index contributed by atoms with van der Waals surface area (Å²) in [7, 11) is 1.63. The van der Waals surface area contributed by atoms with Crippen molar-refractivity contribution in [1.29, 1.82) is 0 Å². The summed E-state index contributed by atoms with van der Waals surface area (Å²) in [6.45, 7) is 2.17. The molecule has 0 fully saturated rings. The molecule has 0 aliphatic rings. The molecule has 2 aromatic rings. The number of methoxy groups -OCH3 is 1. The van der Waals surface area contributed by atoms with Gasteiger partial charge in [-0.15, -0.1) is 0 Å². The van der Waals surface area contributed by atoms with E-state index < -0.39 is 0 Å². The highest BCUT2D eigenvalue weighted by Gasteiger charge is 2.06. The molecule has 2 nitrogen and oxygen atoms in total. The number of aryl methyl sites for hydroxylation is 1. The van der Waals surface area contributed by atoms with E-state index in [0.29, 0.717) is 0 Å². The molecular formula is C16H18O2. The maximum absolute atomic E-state index is 9.90. The molecule has 0 unspecified atom stereocenters. The number of phenols is 1. The highest BCUT2D eigenvalue weighted by molar-refractivity contribution is 5.71. The summed E-state index contributed by atoms with van der Waals surface area (Å²) in [6.07, 6.45) is 2.23. The summed E-state index contributed by atoms with van der Waals surface area (Å²) in [4.78, 5) is 0. The van der Waals surface area contributed by atoms with Crippen LogP contribution in [0.25, 0.3) is 11.1 Å². The Kier molecular flexibility index (Phi) is 3.88. The molecule has 0 heterocycles. The van der Waals surface area contributed by atoms with E-state index in [0.717, 1.165) is 29.7 Å². The molecule has 0 aromatic heterocycles. The minimum Gasteiger partial charge on any atom is -0.507 e. The standard InChI is InChI=1S/C16H18O2/c1-3-4-12-5-7-13(8-6-12)15-11-14(18-2)9-10-16(15)17/h5-11,17H,3-4H2,1-2H3. The lowest BCUT2D eigenvalue weighted by Gasteiger charge is -2.08. The zero-order valence-corrected chi connectivity index (χ0v) is 10.8. The number of aromatic hydroxyl groups is 1. The Hall–Kier alpha value is -1.96.